The molecule has 0 amide bonds. The smallest absolute Gasteiger partial charge is 0.354 e. The first-order chi connectivity index (χ1) is 9.32. The summed E-state index contributed by atoms with van der Waals surface area (Å²) in [7, 11) is -4.89. The Balaban J connectivity index is 2.64. The van der Waals surface area contributed by atoms with E-state index in [1.165, 1.54) is 6.07 Å². The normalized spacial score (nSPS) is 11.5. The number of nitrogens with one attached hydrogen (secondary N) is 1. The van der Waals surface area contributed by atoms with E-state index in [1.54, 1.807) is 6.92 Å². The van der Waals surface area contributed by atoms with Crippen LogP contribution in [-0.2, 0) is 15.0 Å². The van der Waals surface area contributed by atoms with Gasteiger partial charge in [-0.3, -0.25) is 4.79 Å². The number of hydrogen-bond donors (Lipinski definition) is 1. The van der Waals surface area contributed by atoms with Gasteiger partial charge in [0.05, 0.1) is 11.5 Å². The third kappa shape index (κ3) is 2.69. The number of aromatic nitrogens is 1. The lowest BCUT2D eigenvalue weighted by molar-refractivity contribution is 0.0520. The second kappa shape index (κ2) is 5.04. The molecular formula is C12H10FNO5S. The molecule has 6 nitrogen and oxygen atoms in total. The number of hydrogen-bond acceptors (Lipinski definition) is 5. The summed E-state index contributed by atoms with van der Waals surface area (Å²) >= 11 is 0. The van der Waals surface area contributed by atoms with Gasteiger partial charge in [0.15, 0.2) is 5.43 Å². The zero-order valence-electron chi connectivity index (χ0n) is 10.3. The highest BCUT2D eigenvalue weighted by Gasteiger charge is 2.15. The number of fused-ring (bicyclic) bond motifs is 1. The second-order valence-electron chi connectivity index (χ2n) is 3.91. The first-order valence-electron chi connectivity index (χ1n) is 5.62. The molecule has 106 valence electrons. The lowest BCUT2D eigenvalue weighted by atomic mass is 10.2. The molecule has 0 unspecified atom stereocenters. The predicted octanol–water partition coefficient (Wildman–Crippen LogP) is 1.36. The molecule has 2 aromatic rings. The van der Waals surface area contributed by atoms with Gasteiger partial charge in [0.2, 0.25) is 0 Å². The SMILES string of the molecule is CCOC(=O)c1cc(=O)c2cc(S(=O)(=O)F)ccc2[nH]1. The third-order valence-electron chi connectivity index (χ3n) is 2.58. The van der Waals surface area contributed by atoms with E-state index < -0.39 is 26.5 Å². The van der Waals surface area contributed by atoms with Crippen LogP contribution in [0.2, 0.25) is 0 Å². The van der Waals surface area contributed by atoms with E-state index in [-0.39, 0.29) is 23.2 Å². The lowest BCUT2D eigenvalue weighted by Crippen LogP contribution is -2.13. The highest BCUT2D eigenvalue weighted by Crippen LogP contribution is 2.17. The van der Waals surface area contributed by atoms with Crippen LogP contribution in [0.4, 0.5) is 3.89 Å². The van der Waals surface area contributed by atoms with Gasteiger partial charge in [0.1, 0.15) is 5.69 Å². The van der Waals surface area contributed by atoms with E-state index in [0.717, 1.165) is 18.2 Å². The molecule has 1 aromatic carbocycles. The van der Waals surface area contributed by atoms with Crippen LogP contribution in [0.25, 0.3) is 10.9 Å². The fourth-order valence-corrected chi connectivity index (χ4v) is 2.19. The quantitative estimate of drug-likeness (QED) is 0.682. The van der Waals surface area contributed by atoms with Gasteiger partial charge < -0.3 is 9.72 Å². The molecule has 8 heteroatoms. The number of ether oxygens (including phenoxy) is 1. The number of pyridine rings is 1. The van der Waals surface area contributed by atoms with Crippen LogP contribution in [0, 0.1) is 0 Å². The summed E-state index contributed by atoms with van der Waals surface area (Å²) in [5.41, 5.74) is -0.444. The molecule has 0 spiro atoms. The van der Waals surface area contributed by atoms with Crippen molar-refractivity contribution in [3.63, 3.8) is 0 Å². The average molecular weight is 299 g/mol. The van der Waals surface area contributed by atoms with Crippen molar-refractivity contribution in [1.29, 1.82) is 0 Å². The highest BCUT2D eigenvalue weighted by atomic mass is 32.3. The Bertz CT molecular complexity index is 841. The van der Waals surface area contributed by atoms with Crippen LogP contribution in [0.5, 0.6) is 0 Å². The molecule has 0 aliphatic heterocycles. The fraction of sp³-hybridized carbons (Fsp3) is 0.167. The molecule has 0 bridgehead atoms. The second-order valence-corrected chi connectivity index (χ2v) is 5.26. The number of carbonyl (C=O) groups excluding carboxylic acids is 1. The summed E-state index contributed by atoms with van der Waals surface area (Å²) < 4.78 is 39.2. The molecule has 1 heterocycles. The van der Waals surface area contributed by atoms with Crippen molar-refractivity contribution in [2.45, 2.75) is 11.8 Å². The van der Waals surface area contributed by atoms with Gasteiger partial charge in [0, 0.05) is 17.0 Å². The monoisotopic (exact) mass is 299 g/mol. The van der Waals surface area contributed by atoms with Gasteiger partial charge in [-0.1, -0.05) is 0 Å². The van der Waals surface area contributed by atoms with E-state index in [1.807, 2.05) is 0 Å². The van der Waals surface area contributed by atoms with Crippen molar-refractivity contribution < 1.29 is 21.8 Å². The maximum Gasteiger partial charge on any atom is 0.354 e. The standard InChI is InChI=1S/C12H10FNO5S/c1-2-19-12(16)10-6-11(15)8-5-7(20(13,17)18)3-4-9(8)14-10/h3-6H,2H2,1H3,(H,14,15). The van der Waals surface area contributed by atoms with Gasteiger partial charge in [-0.25, -0.2) is 4.79 Å². The Morgan fingerprint density at radius 1 is 1.35 bits per heavy atom. The predicted molar refractivity (Wildman–Crippen MR) is 68.8 cm³/mol. The molecule has 0 saturated carbocycles. The molecule has 1 N–H and O–H groups in total. The lowest BCUT2D eigenvalue weighted by Gasteiger charge is -2.04. The van der Waals surface area contributed by atoms with Crippen LogP contribution in [0.3, 0.4) is 0 Å². The van der Waals surface area contributed by atoms with Crippen molar-refractivity contribution in [2.75, 3.05) is 6.61 Å². The number of halogens is 1. The van der Waals surface area contributed by atoms with Gasteiger partial charge in [-0.05, 0) is 25.1 Å². The number of benzene rings is 1. The first kappa shape index (κ1) is 14.2. The number of esters is 1. The zero-order chi connectivity index (χ0) is 14.9. The van der Waals surface area contributed by atoms with Gasteiger partial charge in [-0.15, -0.1) is 3.89 Å². The maximum atomic E-state index is 12.9. The Morgan fingerprint density at radius 3 is 2.65 bits per heavy atom. The number of carbonyl (C=O) groups is 1. The summed E-state index contributed by atoms with van der Waals surface area (Å²) in [5, 5.41) is -0.0308. The summed E-state index contributed by atoms with van der Waals surface area (Å²) in [4.78, 5) is 25.4. The van der Waals surface area contributed by atoms with Crippen molar-refractivity contribution in [2.24, 2.45) is 0 Å². The topological polar surface area (TPSA) is 93.3 Å². The summed E-state index contributed by atoms with van der Waals surface area (Å²) in [6.45, 7) is 1.77. The molecule has 20 heavy (non-hydrogen) atoms. The average Bonchev–Trinajstić information content (AvgIpc) is 2.37. The highest BCUT2D eigenvalue weighted by molar-refractivity contribution is 7.86. The van der Waals surface area contributed by atoms with E-state index >= 15 is 0 Å². The maximum absolute atomic E-state index is 12.9. The number of rotatable bonds is 3. The Morgan fingerprint density at radius 2 is 2.05 bits per heavy atom. The fourth-order valence-electron chi connectivity index (χ4n) is 1.70. The van der Waals surface area contributed by atoms with Crippen molar-refractivity contribution >= 4 is 27.1 Å². The molecule has 0 aliphatic carbocycles. The Kier molecular flexibility index (Phi) is 3.58. The van der Waals surface area contributed by atoms with E-state index in [9.17, 15) is 21.9 Å². The summed E-state index contributed by atoms with van der Waals surface area (Å²) in [6, 6.07) is 4.11. The first-order valence-corrected chi connectivity index (χ1v) is 7.00. The van der Waals surface area contributed by atoms with Crippen molar-refractivity contribution in [3.05, 3.63) is 40.2 Å². The molecule has 0 radical (unpaired) electrons. The molecule has 0 saturated heterocycles. The van der Waals surface area contributed by atoms with Crippen LogP contribution in [-0.4, -0.2) is 26.0 Å². The van der Waals surface area contributed by atoms with Crippen LogP contribution >= 0.6 is 0 Å². The van der Waals surface area contributed by atoms with Crippen LogP contribution in [0.1, 0.15) is 17.4 Å². The Labute approximate surface area is 113 Å². The van der Waals surface area contributed by atoms with Gasteiger partial charge in [-0.2, -0.15) is 8.42 Å². The van der Waals surface area contributed by atoms with E-state index in [0.29, 0.717) is 0 Å². The van der Waals surface area contributed by atoms with E-state index in [4.69, 9.17) is 4.74 Å². The Hall–Kier alpha value is -2.22. The van der Waals surface area contributed by atoms with Gasteiger partial charge >= 0.3 is 16.2 Å². The third-order valence-corrected chi connectivity index (χ3v) is 3.40. The van der Waals surface area contributed by atoms with Crippen LogP contribution in [0.15, 0.2) is 34.0 Å². The number of aromatic amines is 1. The molecule has 2 rings (SSSR count). The largest absolute Gasteiger partial charge is 0.461 e. The molecule has 0 aliphatic rings. The van der Waals surface area contributed by atoms with Crippen molar-refractivity contribution in [1.82, 2.24) is 4.98 Å². The summed E-state index contributed by atoms with van der Waals surface area (Å²) in [5.74, 6) is -0.700. The van der Waals surface area contributed by atoms with Gasteiger partial charge in [0.25, 0.3) is 0 Å². The van der Waals surface area contributed by atoms with Crippen LogP contribution < -0.4 is 5.43 Å². The minimum atomic E-state index is -4.89. The number of H-pyrrole nitrogens is 1. The molecule has 0 fully saturated rings. The minimum absolute atomic E-state index is 0.0308. The van der Waals surface area contributed by atoms with Crippen molar-refractivity contribution in [3.8, 4) is 0 Å². The minimum Gasteiger partial charge on any atom is -0.461 e. The molecule has 0 atom stereocenters. The van der Waals surface area contributed by atoms with E-state index in [2.05, 4.69) is 4.98 Å². The molecular weight excluding hydrogens is 289 g/mol. The summed E-state index contributed by atoms with van der Waals surface area (Å²) in [6.07, 6.45) is 0. The zero-order valence-corrected chi connectivity index (χ0v) is 11.2. The molecule has 1 aromatic heterocycles.